The van der Waals surface area contributed by atoms with Crippen LogP contribution < -0.4 is 15.6 Å². The highest BCUT2D eigenvalue weighted by molar-refractivity contribution is 6.34. The van der Waals surface area contributed by atoms with Gasteiger partial charge in [0.05, 0.1) is 34.7 Å². The molecule has 12 heteroatoms. The fourth-order valence-corrected chi connectivity index (χ4v) is 9.27. The van der Waals surface area contributed by atoms with Crippen LogP contribution in [0.5, 0.6) is 11.5 Å². The second-order valence-electron chi connectivity index (χ2n) is 15.8. The SMILES string of the molecule is COc1cc(C(=O)N(C)CCCc2cccc(C3(C(=O)O[C@H]4CN5CCC4CC5)CCCCC3)c2)c(Cl)cc1CNCC(O)c1ccc(O)c2[nH]c(=O)ccc12. The van der Waals surface area contributed by atoms with Crippen LogP contribution in [-0.2, 0) is 27.9 Å². The number of hydrogen-bond acceptors (Lipinski definition) is 9. The van der Waals surface area contributed by atoms with Crippen molar-refractivity contribution in [3.63, 3.8) is 0 Å². The molecule has 1 saturated carbocycles. The van der Waals surface area contributed by atoms with E-state index < -0.39 is 11.5 Å². The minimum absolute atomic E-state index is 0.00472. The fraction of sp³-hybridized carbons (Fsp3) is 0.477. The molecule has 298 valence electrons. The number of hydrogen-bond donors (Lipinski definition) is 4. The molecule has 1 amide bonds. The van der Waals surface area contributed by atoms with Gasteiger partial charge in [-0.1, -0.05) is 61.2 Å². The monoisotopic (exact) mass is 784 g/mol. The molecule has 3 aromatic carbocycles. The molecule has 11 nitrogen and oxygen atoms in total. The summed E-state index contributed by atoms with van der Waals surface area (Å²) in [6, 6.07) is 17.8. The summed E-state index contributed by atoms with van der Waals surface area (Å²) in [6.45, 7) is 4.05. The van der Waals surface area contributed by atoms with Gasteiger partial charge in [0.1, 0.15) is 17.6 Å². The number of carbonyl (C=O) groups is 2. The number of rotatable bonds is 14. The molecule has 1 aromatic heterocycles. The van der Waals surface area contributed by atoms with Crippen LogP contribution in [0.15, 0.2) is 65.5 Å². The first-order valence-corrected chi connectivity index (χ1v) is 20.3. The summed E-state index contributed by atoms with van der Waals surface area (Å²) in [5.74, 6) is 0.621. The van der Waals surface area contributed by atoms with E-state index >= 15 is 0 Å². The standard InChI is InChI=1S/C44H53ClN4O7/c1-48(19-7-9-28-8-6-10-31(22-28)44(17-4-3-5-18-44)43(54)56-39-27-49-20-15-29(39)16-21-49)42(53)34-24-38(55-2)30(23-35(34)45)25-46-26-37(51)32-11-13-36(50)41-33(32)12-14-40(52)47-41/h6,8,10-14,22-24,29,37,39,46,50-51H,3-5,7,9,15-21,25-27H2,1-2H3,(H,47,52)/t37?,39-/m0/s1. The Kier molecular flexibility index (Phi) is 12.4. The van der Waals surface area contributed by atoms with Gasteiger partial charge in [0.15, 0.2) is 0 Å². The number of fused-ring (bicyclic) bond motifs is 4. The molecular weight excluding hydrogens is 732 g/mol. The van der Waals surface area contributed by atoms with Gasteiger partial charge < -0.3 is 34.9 Å². The zero-order chi connectivity index (χ0) is 39.4. The van der Waals surface area contributed by atoms with Gasteiger partial charge >= 0.3 is 5.97 Å². The van der Waals surface area contributed by atoms with Gasteiger partial charge in [-0.3, -0.25) is 19.3 Å². The average molecular weight is 785 g/mol. The quantitative estimate of drug-likeness (QED) is 0.109. The van der Waals surface area contributed by atoms with E-state index in [-0.39, 0.29) is 41.4 Å². The van der Waals surface area contributed by atoms with Crippen LogP contribution in [0.3, 0.4) is 0 Å². The minimum atomic E-state index is -0.938. The third-order valence-electron chi connectivity index (χ3n) is 12.3. The van der Waals surface area contributed by atoms with Crippen molar-refractivity contribution in [2.24, 2.45) is 5.92 Å². The molecule has 2 atom stereocenters. The summed E-state index contributed by atoms with van der Waals surface area (Å²) in [4.78, 5) is 46.2. The third kappa shape index (κ3) is 8.46. The number of aromatic nitrogens is 1. The Hall–Kier alpha value is -4.42. The fourth-order valence-electron chi connectivity index (χ4n) is 9.00. The van der Waals surface area contributed by atoms with Gasteiger partial charge in [-0.05, 0) is 98.5 Å². The lowest BCUT2D eigenvalue weighted by Gasteiger charge is -2.45. The van der Waals surface area contributed by atoms with E-state index in [1.165, 1.54) is 19.2 Å². The van der Waals surface area contributed by atoms with E-state index in [1.54, 1.807) is 36.2 Å². The molecule has 8 rings (SSSR count). The van der Waals surface area contributed by atoms with Crippen LogP contribution in [0.2, 0.25) is 5.02 Å². The van der Waals surface area contributed by atoms with Crippen molar-refractivity contribution in [3.05, 3.63) is 104 Å². The number of pyridine rings is 1. The predicted molar refractivity (Wildman–Crippen MR) is 216 cm³/mol. The molecule has 1 aliphatic carbocycles. The topological polar surface area (TPSA) is 144 Å². The molecule has 0 spiro atoms. The minimum Gasteiger partial charge on any atom is -0.506 e. The van der Waals surface area contributed by atoms with E-state index in [4.69, 9.17) is 21.1 Å². The van der Waals surface area contributed by atoms with E-state index in [0.717, 1.165) is 88.5 Å². The number of methoxy groups -OCH3 is 1. The van der Waals surface area contributed by atoms with E-state index in [9.17, 15) is 24.6 Å². The Labute approximate surface area is 332 Å². The first kappa shape index (κ1) is 39.8. The molecule has 4 aliphatic rings. The molecule has 1 unspecified atom stereocenters. The van der Waals surface area contributed by atoms with Crippen LogP contribution in [0, 0.1) is 5.92 Å². The lowest BCUT2D eigenvalue weighted by Crippen LogP contribution is -2.53. The summed E-state index contributed by atoms with van der Waals surface area (Å²) >= 11 is 6.69. The Balaban J connectivity index is 0.950. The number of phenols is 1. The maximum absolute atomic E-state index is 14.0. The number of piperidine rings is 3. The zero-order valence-electron chi connectivity index (χ0n) is 32.3. The summed E-state index contributed by atoms with van der Waals surface area (Å²) < 4.78 is 12.0. The predicted octanol–water partition coefficient (Wildman–Crippen LogP) is 6.26. The average Bonchev–Trinajstić information content (AvgIpc) is 3.21. The van der Waals surface area contributed by atoms with Crippen LogP contribution in [-0.4, -0.2) is 89.9 Å². The maximum Gasteiger partial charge on any atom is 0.316 e. The molecule has 2 bridgehead atoms. The zero-order valence-corrected chi connectivity index (χ0v) is 33.1. The van der Waals surface area contributed by atoms with Crippen LogP contribution in [0.4, 0.5) is 0 Å². The smallest absolute Gasteiger partial charge is 0.316 e. The highest BCUT2D eigenvalue weighted by Gasteiger charge is 2.46. The first-order chi connectivity index (χ1) is 27.1. The van der Waals surface area contributed by atoms with Crippen LogP contribution >= 0.6 is 11.6 Å². The number of benzene rings is 3. The Morgan fingerprint density at radius 2 is 1.86 bits per heavy atom. The third-order valence-corrected chi connectivity index (χ3v) is 12.6. The summed E-state index contributed by atoms with van der Waals surface area (Å²) in [5.41, 5.74) is 3.11. The van der Waals surface area contributed by atoms with Gasteiger partial charge in [0.25, 0.3) is 5.91 Å². The molecule has 4 aromatic rings. The summed E-state index contributed by atoms with van der Waals surface area (Å²) in [7, 11) is 3.30. The number of esters is 1. The second-order valence-corrected chi connectivity index (χ2v) is 16.2. The molecule has 3 saturated heterocycles. The largest absolute Gasteiger partial charge is 0.506 e. The van der Waals surface area contributed by atoms with Crippen molar-refractivity contribution >= 4 is 34.4 Å². The Bertz CT molecular complexity index is 2110. The van der Waals surface area contributed by atoms with Gasteiger partial charge in [-0.15, -0.1) is 0 Å². The molecule has 4 heterocycles. The number of carbonyl (C=O) groups excluding carboxylic acids is 2. The number of amides is 1. The lowest BCUT2D eigenvalue weighted by molar-refractivity contribution is -0.167. The van der Waals surface area contributed by atoms with Gasteiger partial charge in [0.2, 0.25) is 5.56 Å². The molecular formula is C44H53ClN4O7. The number of aromatic amines is 1. The number of ether oxygens (including phenoxy) is 2. The molecule has 4 fully saturated rings. The molecule has 0 radical (unpaired) electrons. The summed E-state index contributed by atoms with van der Waals surface area (Å²) in [5, 5.41) is 25.2. The number of aryl methyl sites for hydroxylation is 1. The number of nitrogens with one attached hydrogen (secondary N) is 2. The molecule has 3 aliphatic heterocycles. The maximum atomic E-state index is 14.0. The van der Waals surface area contributed by atoms with Crippen LogP contribution in [0.1, 0.15) is 90.1 Å². The number of aliphatic hydroxyl groups excluding tert-OH is 1. The second kappa shape index (κ2) is 17.4. The number of aliphatic hydroxyl groups is 1. The number of halogens is 1. The first-order valence-electron chi connectivity index (χ1n) is 19.9. The normalized spacial score (nSPS) is 20.8. The van der Waals surface area contributed by atoms with Gasteiger partial charge in [-0.2, -0.15) is 0 Å². The van der Waals surface area contributed by atoms with Crippen molar-refractivity contribution in [1.29, 1.82) is 0 Å². The van der Waals surface area contributed by atoms with Crippen molar-refractivity contribution in [3.8, 4) is 11.5 Å². The van der Waals surface area contributed by atoms with Crippen molar-refractivity contribution in [2.75, 3.05) is 46.9 Å². The number of H-pyrrole nitrogens is 1. The number of nitrogens with zero attached hydrogens (tertiary/aromatic N) is 2. The highest BCUT2D eigenvalue weighted by atomic mass is 35.5. The number of aromatic hydroxyl groups is 1. The van der Waals surface area contributed by atoms with Gasteiger partial charge in [-0.25, -0.2) is 0 Å². The van der Waals surface area contributed by atoms with Crippen molar-refractivity contribution in [1.82, 2.24) is 20.1 Å². The van der Waals surface area contributed by atoms with E-state index in [0.29, 0.717) is 51.9 Å². The highest BCUT2D eigenvalue weighted by Crippen LogP contribution is 2.42. The van der Waals surface area contributed by atoms with E-state index in [2.05, 4.69) is 39.5 Å². The Morgan fingerprint density at radius 3 is 2.59 bits per heavy atom. The molecule has 56 heavy (non-hydrogen) atoms. The molecule has 4 N–H and O–H groups in total. The van der Waals surface area contributed by atoms with E-state index in [1.807, 2.05) is 0 Å². The lowest BCUT2D eigenvalue weighted by atomic mass is 9.69. The van der Waals surface area contributed by atoms with Crippen molar-refractivity contribution < 1.29 is 29.3 Å². The Morgan fingerprint density at radius 1 is 1.07 bits per heavy atom. The van der Waals surface area contributed by atoms with Crippen LogP contribution in [0.25, 0.3) is 10.9 Å². The van der Waals surface area contributed by atoms with Crippen molar-refractivity contribution in [2.45, 2.75) is 82.0 Å². The number of phenolic OH excluding ortho intramolecular Hbond substituents is 1. The van der Waals surface area contributed by atoms with Gasteiger partial charge in [0, 0.05) is 50.2 Å². The summed E-state index contributed by atoms with van der Waals surface area (Å²) in [6.07, 6.45) is 7.57.